The number of carbonyl (C=O) groups is 1. The fraction of sp³-hybridized carbons (Fsp3) is 0.308. The molecule has 1 saturated heterocycles. The first-order valence-electron chi connectivity index (χ1n) is 11.8. The van der Waals surface area contributed by atoms with Gasteiger partial charge in [-0.05, 0) is 43.2 Å². The van der Waals surface area contributed by atoms with Crippen molar-refractivity contribution in [1.82, 2.24) is 25.1 Å². The van der Waals surface area contributed by atoms with Crippen LogP contribution in [-0.4, -0.2) is 63.8 Å². The number of benzene rings is 2. The molecule has 2 fully saturated rings. The molecule has 2 N–H and O–H groups in total. The molecule has 1 saturated carbocycles. The summed E-state index contributed by atoms with van der Waals surface area (Å²) in [7, 11) is 0. The number of carbonyl (C=O) groups excluding carboxylic acids is 1. The fourth-order valence-corrected chi connectivity index (χ4v) is 4.68. The van der Waals surface area contributed by atoms with Gasteiger partial charge in [-0.15, -0.1) is 0 Å². The molecule has 1 aliphatic carbocycles. The molecule has 0 atom stereocenters. The van der Waals surface area contributed by atoms with Gasteiger partial charge in [0, 0.05) is 48.4 Å². The number of halogens is 1. The third kappa shape index (κ3) is 3.86. The number of amides is 1. The molecule has 6 rings (SSSR count). The van der Waals surface area contributed by atoms with Gasteiger partial charge in [0.05, 0.1) is 16.6 Å². The Morgan fingerprint density at radius 2 is 1.77 bits per heavy atom. The Morgan fingerprint density at radius 1 is 1.03 bits per heavy atom. The van der Waals surface area contributed by atoms with E-state index < -0.39 is 0 Å². The molecular weight excluding hydrogens is 447 g/mol. The number of aromatic amines is 2. The van der Waals surface area contributed by atoms with Gasteiger partial charge >= 0.3 is 0 Å². The van der Waals surface area contributed by atoms with Crippen molar-refractivity contribution in [3.8, 4) is 11.3 Å². The number of nitrogens with zero attached hydrogens (tertiary/aromatic N) is 4. The first-order chi connectivity index (χ1) is 17.1. The summed E-state index contributed by atoms with van der Waals surface area (Å²) in [6.07, 6.45) is 1.69. The normalized spacial score (nSPS) is 17.1. The molecule has 2 aliphatic rings. The molecule has 0 unspecified atom stereocenters. The van der Waals surface area contributed by atoms with Crippen LogP contribution in [0.4, 0.5) is 10.3 Å². The van der Waals surface area contributed by atoms with Crippen LogP contribution in [0.1, 0.15) is 28.9 Å². The van der Waals surface area contributed by atoms with Gasteiger partial charge in [-0.25, -0.2) is 4.98 Å². The first kappa shape index (κ1) is 21.5. The highest BCUT2D eigenvalue weighted by Gasteiger charge is 2.46. The van der Waals surface area contributed by atoms with Gasteiger partial charge in [0.2, 0.25) is 5.95 Å². The third-order valence-corrected chi connectivity index (χ3v) is 7.15. The number of piperazine rings is 1. The molecule has 0 bridgehead atoms. The largest absolute Gasteiger partial charge is 0.339 e. The lowest BCUT2D eigenvalue weighted by Crippen LogP contribution is -2.49. The summed E-state index contributed by atoms with van der Waals surface area (Å²) in [6, 6.07) is 16.5. The number of aromatic nitrogens is 4. The standard InChI is InChI=1S/C26H25FN6O2/c27-16-26(9-10-26)22-15-21(30-31-22)17-5-7-18(8-6-17)24(35)32-11-13-33(14-12-32)25-28-20-4-2-1-3-19(20)23(34)29-25/h1-8,15H,9-14,16H2,(H,30,31)(H,28,29,34). The molecular formula is C26H25FN6O2. The Morgan fingerprint density at radius 3 is 2.49 bits per heavy atom. The van der Waals surface area contributed by atoms with E-state index in [9.17, 15) is 14.0 Å². The lowest BCUT2D eigenvalue weighted by Gasteiger charge is -2.35. The lowest BCUT2D eigenvalue weighted by molar-refractivity contribution is 0.0746. The van der Waals surface area contributed by atoms with Crippen LogP contribution in [-0.2, 0) is 5.41 Å². The van der Waals surface area contributed by atoms with E-state index in [4.69, 9.17) is 0 Å². The van der Waals surface area contributed by atoms with Crippen LogP contribution < -0.4 is 10.5 Å². The Hall–Kier alpha value is -4.01. The van der Waals surface area contributed by atoms with Gasteiger partial charge < -0.3 is 9.80 Å². The van der Waals surface area contributed by atoms with E-state index in [1.807, 2.05) is 58.3 Å². The Bertz CT molecular complexity index is 1450. The summed E-state index contributed by atoms with van der Waals surface area (Å²) < 4.78 is 13.3. The molecule has 178 valence electrons. The Balaban J connectivity index is 1.12. The number of para-hydroxylation sites is 1. The molecule has 0 radical (unpaired) electrons. The third-order valence-electron chi connectivity index (χ3n) is 7.15. The van der Waals surface area contributed by atoms with Gasteiger partial charge in [-0.2, -0.15) is 5.10 Å². The molecule has 2 aromatic carbocycles. The van der Waals surface area contributed by atoms with Crippen molar-refractivity contribution < 1.29 is 9.18 Å². The zero-order valence-electron chi connectivity index (χ0n) is 19.1. The number of alkyl halides is 1. The van der Waals surface area contributed by atoms with Crippen LogP contribution in [0.5, 0.6) is 0 Å². The minimum absolute atomic E-state index is 0.0340. The molecule has 3 heterocycles. The first-order valence-corrected chi connectivity index (χ1v) is 11.8. The second kappa shape index (κ2) is 8.33. The minimum Gasteiger partial charge on any atom is -0.339 e. The van der Waals surface area contributed by atoms with Gasteiger partial charge in [0.25, 0.3) is 11.5 Å². The molecule has 9 heteroatoms. The van der Waals surface area contributed by atoms with E-state index in [0.29, 0.717) is 48.6 Å². The van der Waals surface area contributed by atoms with Crippen LogP contribution in [0.15, 0.2) is 59.4 Å². The Labute approximate surface area is 200 Å². The van der Waals surface area contributed by atoms with Crippen LogP contribution in [0.2, 0.25) is 0 Å². The van der Waals surface area contributed by atoms with E-state index in [1.165, 1.54) is 0 Å². The van der Waals surface area contributed by atoms with Crippen LogP contribution in [0, 0.1) is 0 Å². The van der Waals surface area contributed by atoms with Crippen LogP contribution in [0.3, 0.4) is 0 Å². The number of anilines is 1. The second-order valence-electron chi connectivity index (χ2n) is 9.34. The SMILES string of the molecule is O=C(c1ccc(-c2cc(C3(CF)CC3)[nH]n2)cc1)N1CCN(c2nc3ccccc3c(=O)[nH]2)CC1. The van der Waals surface area contributed by atoms with Gasteiger partial charge in [0.1, 0.15) is 6.67 Å². The van der Waals surface area contributed by atoms with E-state index >= 15 is 0 Å². The smallest absolute Gasteiger partial charge is 0.260 e. The maximum absolute atomic E-state index is 13.3. The summed E-state index contributed by atoms with van der Waals surface area (Å²) in [4.78, 5) is 36.7. The number of rotatable bonds is 5. The van der Waals surface area contributed by atoms with E-state index in [2.05, 4.69) is 20.2 Å². The van der Waals surface area contributed by atoms with Crippen LogP contribution >= 0.6 is 0 Å². The van der Waals surface area contributed by atoms with Crippen molar-refractivity contribution in [3.05, 3.63) is 76.2 Å². The van der Waals surface area contributed by atoms with Crippen molar-refractivity contribution in [2.45, 2.75) is 18.3 Å². The average Bonchev–Trinajstić information content (AvgIpc) is 3.55. The molecule has 4 aromatic rings. The number of hydrogen-bond donors (Lipinski definition) is 2. The summed E-state index contributed by atoms with van der Waals surface area (Å²) in [5, 5.41) is 7.89. The molecule has 8 nitrogen and oxygen atoms in total. The predicted molar refractivity (Wildman–Crippen MR) is 131 cm³/mol. The lowest BCUT2D eigenvalue weighted by atomic mass is 10.0. The highest BCUT2D eigenvalue weighted by Crippen LogP contribution is 2.48. The predicted octanol–water partition coefficient (Wildman–Crippen LogP) is 3.28. The molecule has 2 aromatic heterocycles. The van der Waals surface area contributed by atoms with Gasteiger partial charge in [-0.3, -0.25) is 24.1 Å². The summed E-state index contributed by atoms with van der Waals surface area (Å²) in [5.41, 5.74) is 3.21. The zero-order chi connectivity index (χ0) is 24.0. The topological polar surface area (TPSA) is 98.0 Å². The average molecular weight is 473 g/mol. The summed E-state index contributed by atoms with van der Waals surface area (Å²) in [6.45, 7) is 1.85. The van der Waals surface area contributed by atoms with E-state index in [0.717, 1.165) is 29.8 Å². The summed E-state index contributed by atoms with van der Waals surface area (Å²) in [5.74, 6) is 0.498. The van der Waals surface area contributed by atoms with Crippen molar-refractivity contribution in [2.24, 2.45) is 0 Å². The number of H-pyrrole nitrogens is 2. The Kier molecular flexibility index (Phi) is 5.12. The monoisotopic (exact) mass is 472 g/mol. The number of hydrogen-bond acceptors (Lipinski definition) is 5. The highest BCUT2D eigenvalue weighted by molar-refractivity contribution is 5.94. The van der Waals surface area contributed by atoms with Crippen molar-refractivity contribution in [2.75, 3.05) is 37.8 Å². The molecule has 35 heavy (non-hydrogen) atoms. The van der Waals surface area contributed by atoms with Gasteiger partial charge in [0.15, 0.2) is 0 Å². The molecule has 1 amide bonds. The zero-order valence-corrected chi connectivity index (χ0v) is 19.1. The quantitative estimate of drug-likeness (QED) is 0.465. The van der Waals surface area contributed by atoms with Crippen LogP contribution in [0.25, 0.3) is 22.2 Å². The van der Waals surface area contributed by atoms with Gasteiger partial charge in [-0.1, -0.05) is 24.3 Å². The number of fused-ring (bicyclic) bond motifs is 1. The minimum atomic E-state index is -0.376. The second-order valence-corrected chi connectivity index (χ2v) is 9.34. The maximum atomic E-state index is 13.3. The maximum Gasteiger partial charge on any atom is 0.260 e. The number of nitrogens with one attached hydrogen (secondary N) is 2. The fourth-order valence-electron chi connectivity index (χ4n) is 4.68. The van der Waals surface area contributed by atoms with Crippen molar-refractivity contribution >= 4 is 22.8 Å². The van der Waals surface area contributed by atoms with Crippen molar-refractivity contribution in [1.29, 1.82) is 0 Å². The highest BCUT2D eigenvalue weighted by atomic mass is 19.1. The summed E-state index contributed by atoms with van der Waals surface area (Å²) >= 11 is 0. The molecule has 1 aliphatic heterocycles. The van der Waals surface area contributed by atoms with E-state index in [1.54, 1.807) is 6.07 Å². The molecule has 0 spiro atoms. The van der Waals surface area contributed by atoms with E-state index in [-0.39, 0.29) is 23.6 Å². The van der Waals surface area contributed by atoms with Crippen molar-refractivity contribution in [3.63, 3.8) is 0 Å².